The van der Waals surface area contributed by atoms with Gasteiger partial charge >= 0.3 is 0 Å². The van der Waals surface area contributed by atoms with Crippen molar-refractivity contribution in [3.8, 4) is 0 Å². The van der Waals surface area contributed by atoms with Crippen LogP contribution in [-0.4, -0.2) is 12.1 Å². The second kappa shape index (κ2) is 4.65. The molecule has 0 aliphatic heterocycles. The first kappa shape index (κ1) is 10.5. The molecule has 0 radical (unpaired) electrons. The molecule has 1 heteroatoms. The van der Waals surface area contributed by atoms with Gasteiger partial charge in [0.1, 0.15) is 0 Å². The summed E-state index contributed by atoms with van der Waals surface area (Å²) >= 11 is 0. The Hall–Kier alpha value is -0.0400. The van der Waals surface area contributed by atoms with E-state index in [1.165, 1.54) is 44.9 Å². The summed E-state index contributed by atoms with van der Waals surface area (Å²) in [4.78, 5) is 0. The molecular weight excluding hydrogens is 170 g/mol. The molecule has 2 fully saturated rings. The van der Waals surface area contributed by atoms with E-state index in [1.54, 1.807) is 0 Å². The van der Waals surface area contributed by atoms with Crippen LogP contribution in [0.1, 0.15) is 58.8 Å². The zero-order valence-corrected chi connectivity index (χ0v) is 9.76. The van der Waals surface area contributed by atoms with Gasteiger partial charge in [-0.3, -0.25) is 0 Å². The largest absolute Gasteiger partial charge is 0.311 e. The minimum absolute atomic E-state index is 0.832. The fourth-order valence-corrected chi connectivity index (χ4v) is 3.23. The lowest BCUT2D eigenvalue weighted by atomic mass is 9.85. The quantitative estimate of drug-likeness (QED) is 0.712. The van der Waals surface area contributed by atoms with Gasteiger partial charge in [0.25, 0.3) is 0 Å². The molecule has 4 atom stereocenters. The maximum atomic E-state index is 3.90. The molecule has 1 nitrogen and oxygen atoms in total. The van der Waals surface area contributed by atoms with E-state index in [1.807, 2.05) is 0 Å². The first-order valence-corrected chi connectivity index (χ1v) is 6.51. The van der Waals surface area contributed by atoms with Crippen molar-refractivity contribution in [1.29, 1.82) is 0 Å². The van der Waals surface area contributed by atoms with Gasteiger partial charge in [0.2, 0.25) is 0 Å². The molecule has 0 saturated heterocycles. The highest BCUT2D eigenvalue weighted by atomic mass is 15.0. The van der Waals surface area contributed by atoms with Crippen molar-refractivity contribution in [2.45, 2.75) is 70.9 Å². The molecule has 0 aromatic carbocycles. The highest BCUT2D eigenvalue weighted by Gasteiger charge is 2.27. The molecule has 0 aromatic rings. The van der Waals surface area contributed by atoms with Gasteiger partial charge in [0.15, 0.2) is 0 Å². The third kappa shape index (κ3) is 2.50. The molecule has 1 N–H and O–H groups in total. The van der Waals surface area contributed by atoms with Gasteiger partial charge < -0.3 is 5.32 Å². The Labute approximate surface area is 88.7 Å². The number of hydrogen-bond acceptors (Lipinski definition) is 1. The lowest BCUT2D eigenvalue weighted by molar-refractivity contribution is 0.257. The van der Waals surface area contributed by atoms with Crippen molar-refractivity contribution < 1.29 is 0 Å². The van der Waals surface area contributed by atoms with E-state index in [0.717, 1.165) is 23.9 Å². The molecule has 0 aromatic heterocycles. The van der Waals surface area contributed by atoms with E-state index in [0.29, 0.717) is 0 Å². The molecule has 2 saturated carbocycles. The second-order valence-electron chi connectivity index (χ2n) is 5.65. The highest BCUT2D eigenvalue weighted by molar-refractivity contribution is 4.85. The summed E-state index contributed by atoms with van der Waals surface area (Å²) in [6.45, 7) is 4.82. The van der Waals surface area contributed by atoms with Crippen LogP contribution in [0.4, 0.5) is 0 Å². The minimum atomic E-state index is 0.832. The zero-order valence-electron chi connectivity index (χ0n) is 9.76. The Balaban J connectivity index is 1.78. The van der Waals surface area contributed by atoms with Crippen LogP contribution < -0.4 is 5.32 Å². The van der Waals surface area contributed by atoms with E-state index in [9.17, 15) is 0 Å². The third-order valence-corrected chi connectivity index (χ3v) is 4.26. The first-order valence-electron chi connectivity index (χ1n) is 6.51. The molecule has 0 amide bonds. The predicted molar refractivity (Wildman–Crippen MR) is 61.4 cm³/mol. The normalized spacial score (nSPS) is 44.1. The average molecular weight is 195 g/mol. The van der Waals surface area contributed by atoms with Gasteiger partial charge in [0.05, 0.1) is 0 Å². The molecule has 2 aliphatic carbocycles. The summed E-state index contributed by atoms with van der Waals surface area (Å²) in [5.74, 6) is 1.88. The predicted octanol–water partition coefficient (Wildman–Crippen LogP) is 3.34. The van der Waals surface area contributed by atoms with Gasteiger partial charge in [-0.1, -0.05) is 26.7 Å². The Kier molecular flexibility index (Phi) is 3.48. The van der Waals surface area contributed by atoms with E-state index in [2.05, 4.69) is 19.2 Å². The molecule has 0 heterocycles. The van der Waals surface area contributed by atoms with Gasteiger partial charge in [-0.2, -0.15) is 0 Å². The van der Waals surface area contributed by atoms with E-state index < -0.39 is 0 Å². The molecule has 14 heavy (non-hydrogen) atoms. The second-order valence-corrected chi connectivity index (χ2v) is 5.65. The van der Waals surface area contributed by atoms with Gasteiger partial charge in [-0.25, -0.2) is 0 Å². The molecular formula is C13H25N. The van der Waals surface area contributed by atoms with E-state index in [4.69, 9.17) is 0 Å². The molecule has 0 bridgehead atoms. The Bertz CT molecular complexity index is 178. The Morgan fingerprint density at radius 2 is 1.71 bits per heavy atom. The summed E-state index contributed by atoms with van der Waals surface area (Å²) in [5.41, 5.74) is 0. The Morgan fingerprint density at radius 1 is 0.929 bits per heavy atom. The Morgan fingerprint density at radius 3 is 2.36 bits per heavy atom. The average Bonchev–Trinajstić information content (AvgIpc) is 2.56. The highest BCUT2D eigenvalue weighted by Crippen LogP contribution is 2.29. The molecule has 0 unspecified atom stereocenters. The van der Waals surface area contributed by atoms with Crippen molar-refractivity contribution in [2.75, 3.05) is 0 Å². The summed E-state index contributed by atoms with van der Waals surface area (Å²) in [7, 11) is 0. The van der Waals surface area contributed by atoms with Crippen LogP contribution in [0.5, 0.6) is 0 Å². The number of nitrogens with one attached hydrogen (secondary N) is 1. The maximum absolute atomic E-state index is 3.90. The third-order valence-electron chi connectivity index (χ3n) is 4.26. The monoisotopic (exact) mass is 195 g/mol. The summed E-state index contributed by atoms with van der Waals surface area (Å²) in [5, 5.41) is 3.90. The van der Waals surface area contributed by atoms with Crippen molar-refractivity contribution in [3.05, 3.63) is 0 Å². The molecule has 2 aliphatic rings. The zero-order chi connectivity index (χ0) is 9.97. The summed E-state index contributed by atoms with van der Waals surface area (Å²) < 4.78 is 0. The van der Waals surface area contributed by atoms with Crippen LogP contribution in [0.15, 0.2) is 0 Å². The van der Waals surface area contributed by atoms with Crippen LogP contribution in [0.3, 0.4) is 0 Å². The van der Waals surface area contributed by atoms with Crippen LogP contribution >= 0.6 is 0 Å². The van der Waals surface area contributed by atoms with Crippen molar-refractivity contribution in [3.63, 3.8) is 0 Å². The lowest BCUT2D eigenvalue weighted by Gasteiger charge is -2.32. The van der Waals surface area contributed by atoms with Crippen molar-refractivity contribution in [2.24, 2.45) is 11.8 Å². The fourth-order valence-electron chi connectivity index (χ4n) is 3.23. The fraction of sp³-hybridized carbons (Fsp3) is 1.00. The standard InChI is InChI=1S/C13H25N/c1-10-7-8-12(9-10)14-13-6-4-3-5-11(13)2/h10-14H,3-9H2,1-2H3/t10-,11+,12+,13+/m1/s1. The first-order chi connectivity index (χ1) is 6.75. The smallest absolute Gasteiger partial charge is 0.00952 e. The van der Waals surface area contributed by atoms with Crippen molar-refractivity contribution >= 4 is 0 Å². The van der Waals surface area contributed by atoms with Gasteiger partial charge in [-0.05, 0) is 43.9 Å². The lowest BCUT2D eigenvalue weighted by Crippen LogP contribution is -2.42. The van der Waals surface area contributed by atoms with Crippen LogP contribution in [0.25, 0.3) is 0 Å². The molecule has 2 rings (SSSR count). The molecule has 0 spiro atoms. The van der Waals surface area contributed by atoms with Gasteiger partial charge in [0, 0.05) is 12.1 Å². The van der Waals surface area contributed by atoms with Crippen molar-refractivity contribution in [1.82, 2.24) is 5.32 Å². The SMILES string of the molecule is C[C@@H]1CC[C@H](N[C@H]2CCCC[C@@H]2C)C1. The van der Waals surface area contributed by atoms with Crippen LogP contribution in [0.2, 0.25) is 0 Å². The van der Waals surface area contributed by atoms with E-state index >= 15 is 0 Å². The van der Waals surface area contributed by atoms with Gasteiger partial charge in [-0.15, -0.1) is 0 Å². The maximum Gasteiger partial charge on any atom is 0.00952 e. The minimum Gasteiger partial charge on any atom is -0.311 e. The van der Waals surface area contributed by atoms with Crippen LogP contribution in [0, 0.1) is 11.8 Å². The molecule has 82 valence electrons. The summed E-state index contributed by atoms with van der Waals surface area (Å²) in [6.07, 6.45) is 10.1. The summed E-state index contributed by atoms with van der Waals surface area (Å²) in [6, 6.07) is 1.68. The van der Waals surface area contributed by atoms with Crippen LogP contribution in [-0.2, 0) is 0 Å². The number of rotatable bonds is 2. The number of hydrogen-bond donors (Lipinski definition) is 1. The van der Waals surface area contributed by atoms with E-state index in [-0.39, 0.29) is 0 Å². The topological polar surface area (TPSA) is 12.0 Å².